The van der Waals surface area contributed by atoms with Gasteiger partial charge in [-0.1, -0.05) is 18.2 Å². The molecule has 1 atom stereocenters. The van der Waals surface area contributed by atoms with E-state index in [1.807, 2.05) is 0 Å². The molecule has 0 aliphatic carbocycles. The molecule has 0 radical (unpaired) electrons. The van der Waals surface area contributed by atoms with Gasteiger partial charge < -0.3 is 24.4 Å². The Morgan fingerprint density at radius 1 is 1.16 bits per heavy atom. The van der Waals surface area contributed by atoms with Crippen LogP contribution in [-0.2, 0) is 14.3 Å². The van der Waals surface area contributed by atoms with Gasteiger partial charge in [0.2, 0.25) is 0 Å². The third-order valence-electron chi connectivity index (χ3n) is 6.01. The quantitative estimate of drug-likeness (QED) is 0.400. The highest BCUT2D eigenvalue weighted by molar-refractivity contribution is 6.46. The van der Waals surface area contributed by atoms with Crippen LogP contribution >= 0.6 is 0 Å². The number of halogens is 1. The van der Waals surface area contributed by atoms with Crippen LogP contribution in [0.15, 0.2) is 54.1 Å². The van der Waals surface area contributed by atoms with Crippen molar-refractivity contribution in [2.75, 3.05) is 46.5 Å². The summed E-state index contributed by atoms with van der Waals surface area (Å²) in [6.07, 6.45) is 0. The van der Waals surface area contributed by atoms with Crippen molar-refractivity contribution in [1.82, 2.24) is 4.90 Å². The van der Waals surface area contributed by atoms with Crippen LogP contribution < -0.4 is 9.64 Å². The van der Waals surface area contributed by atoms with E-state index in [1.54, 1.807) is 42.5 Å². The number of rotatable bonds is 6. The number of aliphatic hydroxyl groups excluding tert-OH is 1. The molecule has 2 heterocycles. The van der Waals surface area contributed by atoms with Gasteiger partial charge in [0.15, 0.2) is 0 Å². The lowest BCUT2D eigenvalue weighted by Crippen LogP contribution is -3.14. The summed E-state index contributed by atoms with van der Waals surface area (Å²) in [6.45, 7) is 3.76. The number of hydrogen-bond donors (Lipinski definition) is 2. The van der Waals surface area contributed by atoms with Crippen LogP contribution in [0.5, 0.6) is 5.75 Å². The number of carbonyl (C=O) groups excluding carboxylic acids is 2. The van der Waals surface area contributed by atoms with Crippen molar-refractivity contribution >= 4 is 17.4 Å². The highest BCUT2D eigenvalue weighted by Crippen LogP contribution is 2.40. The second-order valence-electron chi connectivity index (χ2n) is 7.85. The molecule has 168 valence electrons. The largest absolute Gasteiger partial charge is 0.507 e. The van der Waals surface area contributed by atoms with Crippen molar-refractivity contribution in [3.05, 3.63) is 71.0 Å². The van der Waals surface area contributed by atoms with Crippen molar-refractivity contribution in [3.8, 4) is 5.75 Å². The number of carbonyl (C=O) groups is 2. The molecule has 1 unspecified atom stereocenters. The molecule has 0 aromatic heterocycles. The van der Waals surface area contributed by atoms with Gasteiger partial charge in [-0.05, 0) is 30.3 Å². The lowest BCUT2D eigenvalue weighted by molar-refractivity contribution is -0.907. The number of nitrogens with one attached hydrogen (secondary N) is 1. The lowest BCUT2D eigenvalue weighted by Gasteiger charge is -2.29. The molecule has 2 saturated heterocycles. The molecule has 2 fully saturated rings. The number of nitrogens with zero attached hydrogens (tertiary/aromatic N) is 1. The van der Waals surface area contributed by atoms with Gasteiger partial charge >= 0.3 is 0 Å². The molecule has 2 aromatic rings. The molecular formula is C24H26FN2O5+. The predicted molar refractivity (Wildman–Crippen MR) is 115 cm³/mol. The fourth-order valence-electron chi connectivity index (χ4n) is 4.22. The highest BCUT2D eigenvalue weighted by atomic mass is 19.1. The molecule has 2 aliphatic heterocycles. The minimum absolute atomic E-state index is 0.109. The maximum atomic E-state index is 14.8. The summed E-state index contributed by atoms with van der Waals surface area (Å²) in [4.78, 5) is 28.6. The molecule has 2 N–H and O–H groups in total. The summed E-state index contributed by atoms with van der Waals surface area (Å²) in [5.41, 5.74) is 0.421. The second kappa shape index (κ2) is 9.50. The monoisotopic (exact) mass is 441 g/mol. The van der Waals surface area contributed by atoms with E-state index in [4.69, 9.17) is 9.47 Å². The highest BCUT2D eigenvalue weighted by Gasteiger charge is 2.47. The van der Waals surface area contributed by atoms with Crippen molar-refractivity contribution in [3.63, 3.8) is 0 Å². The Morgan fingerprint density at radius 2 is 1.84 bits per heavy atom. The fraction of sp³-hybridized carbons (Fsp3) is 0.333. The number of Topliss-reactive ketones (excluding diaryl/α,β-unsaturated/α-hetero) is 1. The van der Waals surface area contributed by atoms with Gasteiger partial charge in [0.25, 0.3) is 11.7 Å². The number of benzene rings is 2. The maximum Gasteiger partial charge on any atom is 0.295 e. The van der Waals surface area contributed by atoms with E-state index < -0.39 is 23.5 Å². The van der Waals surface area contributed by atoms with Crippen LogP contribution in [0.4, 0.5) is 4.39 Å². The Morgan fingerprint density at radius 3 is 2.50 bits per heavy atom. The van der Waals surface area contributed by atoms with E-state index in [0.717, 1.165) is 13.1 Å². The number of quaternary nitrogens is 1. The van der Waals surface area contributed by atoms with Crippen LogP contribution in [0.3, 0.4) is 0 Å². The first-order valence-corrected chi connectivity index (χ1v) is 10.6. The predicted octanol–water partition coefficient (Wildman–Crippen LogP) is 1.17. The molecule has 0 saturated carbocycles. The molecule has 1 amide bonds. The first-order chi connectivity index (χ1) is 15.5. The molecule has 2 aromatic carbocycles. The van der Waals surface area contributed by atoms with Crippen molar-refractivity contribution < 1.29 is 33.5 Å². The number of amides is 1. The van der Waals surface area contributed by atoms with Crippen molar-refractivity contribution in [1.29, 1.82) is 0 Å². The molecule has 0 spiro atoms. The third-order valence-corrected chi connectivity index (χ3v) is 6.01. The second-order valence-corrected chi connectivity index (χ2v) is 7.85. The average Bonchev–Trinajstić information content (AvgIpc) is 3.08. The zero-order valence-corrected chi connectivity index (χ0v) is 17.8. The minimum Gasteiger partial charge on any atom is -0.507 e. The molecule has 2 aliphatic rings. The van der Waals surface area contributed by atoms with E-state index in [2.05, 4.69) is 0 Å². The number of hydrogen-bond acceptors (Lipinski definition) is 5. The average molecular weight is 441 g/mol. The smallest absolute Gasteiger partial charge is 0.295 e. The van der Waals surface area contributed by atoms with E-state index in [-0.39, 0.29) is 23.4 Å². The first kappa shape index (κ1) is 22.0. The number of morpholine rings is 1. The Bertz CT molecular complexity index is 1030. The summed E-state index contributed by atoms with van der Waals surface area (Å²) >= 11 is 0. The molecule has 8 heteroatoms. The zero-order chi connectivity index (χ0) is 22.7. The summed E-state index contributed by atoms with van der Waals surface area (Å²) in [5, 5.41) is 11.0. The van der Waals surface area contributed by atoms with Gasteiger partial charge in [-0.25, -0.2) is 4.39 Å². The normalized spacial score (nSPS) is 21.2. The fourth-order valence-corrected chi connectivity index (χ4v) is 4.22. The van der Waals surface area contributed by atoms with Gasteiger partial charge in [0.05, 0.1) is 45.0 Å². The third kappa shape index (κ3) is 4.24. The lowest BCUT2D eigenvalue weighted by atomic mass is 9.95. The number of likely N-dealkylation sites (tertiary alicyclic amines) is 1. The molecule has 0 bridgehead atoms. The van der Waals surface area contributed by atoms with Gasteiger partial charge in [0.1, 0.15) is 30.4 Å². The maximum absolute atomic E-state index is 14.8. The zero-order valence-electron chi connectivity index (χ0n) is 17.8. The van der Waals surface area contributed by atoms with Gasteiger partial charge in [-0.15, -0.1) is 0 Å². The molecule has 32 heavy (non-hydrogen) atoms. The standard InChI is InChI=1S/C24H25FN2O5/c1-31-17-8-6-16(7-9-17)22(28)20-21(18-4-2-3-5-19(18)25)27(24(30)23(20)29)11-10-26-12-14-32-15-13-26/h2-9,21,28H,10-15H2,1H3/p+1. The van der Waals surface area contributed by atoms with Crippen LogP contribution in [0.1, 0.15) is 17.2 Å². The summed E-state index contributed by atoms with van der Waals surface area (Å²) in [6, 6.07) is 11.5. The summed E-state index contributed by atoms with van der Waals surface area (Å²) < 4.78 is 25.3. The Labute approximate surface area is 185 Å². The minimum atomic E-state index is -1.00. The van der Waals surface area contributed by atoms with Crippen LogP contribution in [0, 0.1) is 5.82 Å². The Balaban J connectivity index is 1.74. The number of ketones is 1. The molecule has 7 nitrogen and oxygen atoms in total. The van der Waals surface area contributed by atoms with Crippen molar-refractivity contribution in [2.45, 2.75) is 6.04 Å². The Kier molecular flexibility index (Phi) is 6.53. The first-order valence-electron chi connectivity index (χ1n) is 10.6. The van der Waals surface area contributed by atoms with Crippen LogP contribution in [-0.4, -0.2) is 68.2 Å². The summed E-state index contributed by atoms with van der Waals surface area (Å²) in [7, 11) is 1.52. The van der Waals surface area contributed by atoms with E-state index in [9.17, 15) is 19.1 Å². The van der Waals surface area contributed by atoms with Gasteiger partial charge in [-0.2, -0.15) is 0 Å². The topological polar surface area (TPSA) is 80.5 Å². The van der Waals surface area contributed by atoms with Gasteiger partial charge in [-0.3, -0.25) is 9.59 Å². The van der Waals surface area contributed by atoms with Crippen LogP contribution in [0.2, 0.25) is 0 Å². The number of ether oxygens (including phenoxy) is 2. The van der Waals surface area contributed by atoms with E-state index in [1.165, 1.54) is 23.0 Å². The van der Waals surface area contributed by atoms with E-state index in [0.29, 0.717) is 31.1 Å². The molecule has 4 rings (SSSR count). The van der Waals surface area contributed by atoms with Gasteiger partial charge in [0, 0.05) is 11.1 Å². The SMILES string of the molecule is COc1ccc(C(O)=C2C(=O)C(=O)N(CC[NH+]3CCOCC3)C2c2ccccc2F)cc1. The number of methoxy groups -OCH3 is 1. The van der Waals surface area contributed by atoms with E-state index >= 15 is 0 Å². The Hall–Kier alpha value is -3.23. The molecular weight excluding hydrogens is 415 g/mol. The van der Waals surface area contributed by atoms with Crippen molar-refractivity contribution in [2.24, 2.45) is 0 Å². The van der Waals surface area contributed by atoms with Crippen LogP contribution in [0.25, 0.3) is 5.76 Å². The summed E-state index contributed by atoms with van der Waals surface area (Å²) in [5.74, 6) is -1.84. The number of aliphatic hydroxyl groups is 1.